The van der Waals surface area contributed by atoms with Crippen molar-refractivity contribution in [2.75, 3.05) is 73.2 Å². The second kappa shape index (κ2) is 29.5. The molecular weight excluding hydrogens is 941 g/mol. The SMILES string of the molecule is COc1ccc(COCC2C(=O)C3=CC=C2C(=O)NC[C@H](CCCCNC(=O)OC(C)(C)C)NC(=O)c2ccc(c(=O)n2OCc2ccc(OC)cc2)C(=O)NCCCNCCCCNCCCNC3=O)cc1. The van der Waals surface area contributed by atoms with E-state index in [1.54, 1.807) is 64.3 Å². The molecule has 4 heterocycles. The number of amides is 5. The molecule has 1 aliphatic carbocycles. The van der Waals surface area contributed by atoms with Crippen LogP contribution < -0.4 is 57.1 Å². The number of hydrogen-bond acceptors (Lipinski definition) is 14. The maximum Gasteiger partial charge on any atom is 0.407 e. The third-order valence-corrected chi connectivity index (χ3v) is 11.7. The Morgan fingerprint density at radius 1 is 0.671 bits per heavy atom. The summed E-state index contributed by atoms with van der Waals surface area (Å²) in [6.07, 6.45) is 6.45. The highest BCUT2D eigenvalue weighted by molar-refractivity contribution is 6.23. The number of hydrogen-bond donors (Lipinski definition) is 7. The highest BCUT2D eigenvalue weighted by Gasteiger charge is 2.35. The van der Waals surface area contributed by atoms with Crippen LogP contribution in [0.3, 0.4) is 0 Å². The quantitative estimate of drug-likeness (QED) is 0.0905. The van der Waals surface area contributed by atoms with Crippen LogP contribution in [0.2, 0.25) is 0 Å². The Bertz CT molecular complexity index is 2450. The van der Waals surface area contributed by atoms with Crippen molar-refractivity contribution >= 4 is 35.5 Å². The van der Waals surface area contributed by atoms with Gasteiger partial charge in [0.2, 0.25) is 5.91 Å². The number of benzene rings is 2. The molecule has 20 heteroatoms. The lowest BCUT2D eigenvalue weighted by molar-refractivity contribution is -0.127. The maximum absolute atomic E-state index is 14.4. The van der Waals surface area contributed by atoms with Crippen LogP contribution in [0.1, 0.15) is 97.7 Å². The number of pyridine rings is 1. The standard InChI is InChI=1S/C53H72N8O12/c1-53(2,3)73-52(68)58-29-7-6-12-38-32-59-47(63)41-21-22-42(46(62)44(41)35-71-33-36-13-17-39(69-4)18-14-36)48(64)56-30-10-27-54-25-8-9-26-55-28-11-31-57-49(65)43-23-24-45(50(66)60-38)61(51(43)67)72-34-37-15-19-40(70-5)20-16-37/h13-24,38,44,54-55H,6-12,25-35H2,1-5H3,(H,56,64)(H,57,65)(H,58,68)(H,59,63)(H,60,66)/t38-,44?/m0/s1. The number of fused-ring (bicyclic) bond motifs is 2. The lowest BCUT2D eigenvalue weighted by atomic mass is 9.85. The van der Waals surface area contributed by atoms with E-state index in [4.69, 9.17) is 23.8 Å². The minimum Gasteiger partial charge on any atom is -0.497 e. The molecule has 73 heavy (non-hydrogen) atoms. The first kappa shape index (κ1) is 56.9. The average Bonchev–Trinajstić information content (AvgIpc) is 3.37. The van der Waals surface area contributed by atoms with Gasteiger partial charge in [-0.25, -0.2) is 4.79 Å². The Morgan fingerprint density at radius 3 is 1.89 bits per heavy atom. The number of alkyl carbamates (subject to hydrolysis) is 1. The van der Waals surface area contributed by atoms with Crippen molar-refractivity contribution < 1.29 is 52.6 Å². The number of nitrogens with zero attached hydrogens (tertiary/aromatic N) is 1. The highest BCUT2D eigenvalue weighted by atomic mass is 16.7. The van der Waals surface area contributed by atoms with Crippen molar-refractivity contribution in [2.45, 2.75) is 90.6 Å². The fourth-order valence-corrected chi connectivity index (χ4v) is 7.75. The molecule has 0 spiro atoms. The van der Waals surface area contributed by atoms with E-state index in [1.165, 1.54) is 31.4 Å². The Labute approximate surface area is 426 Å². The van der Waals surface area contributed by atoms with Crippen molar-refractivity contribution in [1.29, 1.82) is 0 Å². The molecule has 3 aliphatic heterocycles. The fourth-order valence-electron chi connectivity index (χ4n) is 7.75. The molecule has 7 N–H and O–H groups in total. The topological polar surface area (TPSA) is 255 Å². The lowest BCUT2D eigenvalue weighted by Gasteiger charge is -2.25. The number of methoxy groups -OCH3 is 2. The number of ketones is 1. The van der Waals surface area contributed by atoms with E-state index in [0.29, 0.717) is 68.9 Å². The van der Waals surface area contributed by atoms with Crippen molar-refractivity contribution in [3.05, 3.63) is 117 Å². The van der Waals surface area contributed by atoms with Crippen molar-refractivity contribution in [1.82, 2.24) is 41.9 Å². The molecule has 1 unspecified atom stereocenters. The number of carbonyl (C=O) groups excluding carboxylic acids is 6. The van der Waals surface area contributed by atoms with Crippen LogP contribution in [-0.4, -0.2) is 125 Å². The Hall–Kier alpha value is -7.03. The molecule has 5 amide bonds. The molecule has 0 radical (unpaired) electrons. The van der Waals surface area contributed by atoms with E-state index in [9.17, 15) is 33.6 Å². The van der Waals surface area contributed by atoms with E-state index < -0.39 is 58.6 Å². The molecule has 4 aliphatic rings. The largest absolute Gasteiger partial charge is 0.497 e. The Kier molecular flexibility index (Phi) is 23.0. The molecule has 7 rings (SSSR count). The smallest absolute Gasteiger partial charge is 0.407 e. The summed E-state index contributed by atoms with van der Waals surface area (Å²) in [5, 5.41) is 20.9. The number of aromatic nitrogens is 1. The zero-order valence-electron chi connectivity index (χ0n) is 42.7. The van der Waals surface area contributed by atoms with E-state index in [2.05, 4.69) is 37.2 Å². The Balaban J connectivity index is 1.42. The van der Waals surface area contributed by atoms with Crippen LogP contribution in [0.4, 0.5) is 4.79 Å². The van der Waals surface area contributed by atoms with Crippen molar-refractivity contribution in [3.8, 4) is 11.5 Å². The first-order valence-corrected chi connectivity index (χ1v) is 24.9. The summed E-state index contributed by atoms with van der Waals surface area (Å²) in [6.45, 7) is 8.56. The number of nitrogens with one attached hydrogen (secondary N) is 7. The van der Waals surface area contributed by atoms with Gasteiger partial charge in [-0.15, -0.1) is 4.73 Å². The summed E-state index contributed by atoms with van der Waals surface area (Å²) in [6, 6.07) is 15.9. The van der Waals surface area contributed by atoms with Gasteiger partial charge in [0, 0.05) is 37.8 Å². The summed E-state index contributed by atoms with van der Waals surface area (Å²) >= 11 is 0. The third-order valence-electron chi connectivity index (χ3n) is 11.7. The monoisotopic (exact) mass is 1010 g/mol. The maximum atomic E-state index is 14.4. The predicted molar refractivity (Wildman–Crippen MR) is 273 cm³/mol. The van der Waals surface area contributed by atoms with Gasteiger partial charge >= 0.3 is 6.09 Å². The van der Waals surface area contributed by atoms with Gasteiger partial charge in [0.15, 0.2) is 5.78 Å². The van der Waals surface area contributed by atoms with Crippen LogP contribution in [0.5, 0.6) is 11.5 Å². The van der Waals surface area contributed by atoms with Gasteiger partial charge in [0.1, 0.15) is 35.0 Å². The third kappa shape index (κ3) is 18.8. The molecule has 3 aromatic rings. The van der Waals surface area contributed by atoms with E-state index >= 15 is 0 Å². The molecule has 20 nitrogen and oxygen atoms in total. The number of rotatable bonds is 14. The first-order valence-electron chi connectivity index (χ1n) is 24.9. The van der Waals surface area contributed by atoms with E-state index in [1.807, 2.05) is 12.1 Å². The number of Topliss-reactive ketones (excluding diaryl/α,β-unsaturated/α-hetero) is 1. The molecule has 0 saturated carbocycles. The lowest BCUT2D eigenvalue weighted by Crippen LogP contribution is -2.47. The first-order chi connectivity index (χ1) is 35.2. The van der Waals surface area contributed by atoms with Crippen LogP contribution in [0.15, 0.2) is 88.8 Å². The van der Waals surface area contributed by atoms with E-state index in [-0.39, 0.29) is 61.7 Å². The number of carbonyl (C=O) groups is 6. The predicted octanol–water partition coefficient (Wildman–Crippen LogP) is 3.27. The van der Waals surface area contributed by atoms with Crippen LogP contribution in [-0.2, 0) is 37.1 Å². The fraction of sp³-hybridized carbons (Fsp3) is 0.491. The normalized spacial score (nSPS) is 18.2. The number of allylic oxidation sites excluding steroid dienone is 2. The molecule has 0 fully saturated rings. The summed E-state index contributed by atoms with van der Waals surface area (Å²) in [5.74, 6) is -3.05. The molecule has 396 valence electrons. The van der Waals surface area contributed by atoms with Crippen LogP contribution in [0, 0.1) is 5.92 Å². The second-order valence-corrected chi connectivity index (χ2v) is 18.6. The van der Waals surface area contributed by atoms with Gasteiger partial charge in [-0.1, -0.05) is 30.3 Å². The van der Waals surface area contributed by atoms with Crippen molar-refractivity contribution in [3.63, 3.8) is 0 Å². The van der Waals surface area contributed by atoms with Gasteiger partial charge < -0.3 is 61.0 Å². The molecule has 1 aromatic heterocycles. The minimum atomic E-state index is -1.15. The summed E-state index contributed by atoms with van der Waals surface area (Å²) in [5.41, 5.74) is -0.630. The minimum absolute atomic E-state index is 0.0524. The van der Waals surface area contributed by atoms with Gasteiger partial charge in [-0.05, 0) is 145 Å². The van der Waals surface area contributed by atoms with Crippen LogP contribution >= 0.6 is 0 Å². The molecule has 2 atom stereocenters. The second-order valence-electron chi connectivity index (χ2n) is 18.6. The number of unbranched alkanes of at least 4 members (excludes halogenated alkanes) is 1. The molecule has 0 saturated heterocycles. The zero-order chi connectivity index (χ0) is 52.6. The van der Waals surface area contributed by atoms with Gasteiger partial charge in [-0.3, -0.25) is 28.8 Å². The van der Waals surface area contributed by atoms with Crippen molar-refractivity contribution in [2.24, 2.45) is 5.92 Å². The van der Waals surface area contributed by atoms with Gasteiger partial charge in [-0.2, -0.15) is 0 Å². The number of ether oxygens (including phenoxy) is 4. The van der Waals surface area contributed by atoms with Crippen LogP contribution in [0.25, 0.3) is 0 Å². The molecular formula is C53H72N8O12. The summed E-state index contributed by atoms with van der Waals surface area (Å²) in [7, 11) is 3.09. The van der Waals surface area contributed by atoms with E-state index in [0.717, 1.165) is 36.2 Å². The Morgan fingerprint density at radius 2 is 1.27 bits per heavy atom. The van der Waals surface area contributed by atoms with Gasteiger partial charge in [0.05, 0.1) is 38.9 Å². The average molecular weight is 1010 g/mol. The summed E-state index contributed by atoms with van der Waals surface area (Å²) < 4.78 is 22.7. The summed E-state index contributed by atoms with van der Waals surface area (Å²) in [4.78, 5) is 102. The highest BCUT2D eigenvalue weighted by Crippen LogP contribution is 2.25. The van der Waals surface area contributed by atoms with Gasteiger partial charge in [0.25, 0.3) is 23.3 Å². The molecule has 4 bridgehead atoms. The zero-order valence-corrected chi connectivity index (χ0v) is 42.7. The molecule has 2 aromatic carbocycles.